The number of nitrogens with zero attached hydrogens (tertiary/aromatic N) is 1. The van der Waals surface area contributed by atoms with E-state index in [1.54, 1.807) is 0 Å². The van der Waals surface area contributed by atoms with Crippen molar-refractivity contribution in [3.05, 3.63) is 0 Å². The molecule has 18 heavy (non-hydrogen) atoms. The molecule has 2 atom stereocenters. The molecule has 0 heterocycles. The second kappa shape index (κ2) is 5.13. The first-order valence-corrected chi connectivity index (χ1v) is 7.84. The van der Waals surface area contributed by atoms with E-state index in [9.17, 15) is 0 Å². The normalized spacial score (nSPS) is 37.3. The molecule has 2 rings (SSSR count). The Hall–Kier alpha value is -0.0800. The number of hydrogen-bond acceptors (Lipinski definition) is 2. The van der Waals surface area contributed by atoms with Crippen molar-refractivity contribution in [1.82, 2.24) is 4.90 Å². The maximum Gasteiger partial charge on any atom is 0.0362 e. The summed E-state index contributed by atoms with van der Waals surface area (Å²) in [5, 5.41) is 0. The summed E-state index contributed by atoms with van der Waals surface area (Å²) >= 11 is 0. The van der Waals surface area contributed by atoms with Crippen LogP contribution in [0.3, 0.4) is 0 Å². The molecule has 0 aromatic heterocycles. The van der Waals surface area contributed by atoms with Crippen LogP contribution in [0, 0.1) is 11.3 Å². The summed E-state index contributed by atoms with van der Waals surface area (Å²) in [7, 11) is 2.35. The summed E-state index contributed by atoms with van der Waals surface area (Å²) in [6.07, 6.45) is 9.60. The number of rotatable bonds is 3. The van der Waals surface area contributed by atoms with Gasteiger partial charge in [-0.05, 0) is 44.1 Å². The maximum absolute atomic E-state index is 6.25. The summed E-state index contributed by atoms with van der Waals surface area (Å²) in [5.74, 6) is 0.726. The van der Waals surface area contributed by atoms with Gasteiger partial charge in [-0.15, -0.1) is 0 Å². The Labute approximate surface area is 113 Å². The van der Waals surface area contributed by atoms with Gasteiger partial charge in [-0.2, -0.15) is 0 Å². The molecular weight excluding hydrogens is 220 g/mol. The van der Waals surface area contributed by atoms with E-state index in [2.05, 4.69) is 32.7 Å². The highest BCUT2D eigenvalue weighted by atomic mass is 15.2. The monoisotopic (exact) mass is 252 g/mol. The van der Waals surface area contributed by atoms with Crippen LogP contribution in [-0.2, 0) is 0 Å². The van der Waals surface area contributed by atoms with Gasteiger partial charge in [0.15, 0.2) is 0 Å². The van der Waals surface area contributed by atoms with Crippen molar-refractivity contribution in [2.24, 2.45) is 17.1 Å². The van der Waals surface area contributed by atoms with Crippen LogP contribution in [0.15, 0.2) is 0 Å². The molecule has 106 valence electrons. The lowest BCUT2D eigenvalue weighted by molar-refractivity contribution is 0.0294. The second-order valence-corrected chi connectivity index (χ2v) is 7.66. The van der Waals surface area contributed by atoms with Crippen LogP contribution in [0.5, 0.6) is 0 Å². The van der Waals surface area contributed by atoms with Gasteiger partial charge < -0.3 is 5.73 Å². The van der Waals surface area contributed by atoms with Crippen LogP contribution >= 0.6 is 0 Å². The van der Waals surface area contributed by atoms with Gasteiger partial charge in [-0.25, -0.2) is 0 Å². The lowest BCUT2D eigenvalue weighted by Crippen LogP contribution is -2.58. The summed E-state index contributed by atoms with van der Waals surface area (Å²) in [6.45, 7) is 8.07. The molecule has 0 spiro atoms. The number of likely N-dealkylation sites (N-methyl/N-ethyl adjacent to an activating group) is 1. The van der Waals surface area contributed by atoms with E-state index in [4.69, 9.17) is 5.73 Å². The molecule has 2 aliphatic carbocycles. The highest BCUT2D eigenvalue weighted by Crippen LogP contribution is 2.50. The van der Waals surface area contributed by atoms with Crippen molar-refractivity contribution in [2.75, 3.05) is 13.6 Å². The summed E-state index contributed by atoms with van der Waals surface area (Å²) in [4.78, 5) is 2.69. The van der Waals surface area contributed by atoms with Crippen molar-refractivity contribution in [2.45, 2.75) is 77.3 Å². The van der Waals surface area contributed by atoms with Gasteiger partial charge in [0.25, 0.3) is 0 Å². The SMILES string of the molecule is CC1CC(C)(C)CC1(CN)N(C)C1CCCCC1. The van der Waals surface area contributed by atoms with Crippen molar-refractivity contribution in [3.63, 3.8) is 0 Å². The van der Waals surface area contributed by atoms with Gasteiger partial charge in [-0.3, -0.25) is 4.90 Å². The van der Waals surface area contributed by atoms with Crippen LogP contribution in [0.1, 0.15) is 65.7 Å². The van der Waals surface area contributed by atoms with Crippen molar-refractivity contribution < 1.29 is 0 Å². The van der Waals surface area contributed by atoms with E-state index in [0.717, 1.165) is 18.5 Å². The second-order valence-electron chi connectivity index (χ2n) is 7.66. The van der Waals surface area contributed by atoms with E-state index < -0.39 is 0 Å². The van der Waals surface area contributed by atoms with Gasteiger partial charge in [0.05, 0.1) is 0 Å². The number of hydrogen-bond donors (Lipinski definition) is 1. The van der Waals surface area contributed by atoms with Crippen LogP contribution in [0.2, 0.25) is 0 Å². The average molecular weight is 252 g/mol. The van der Waals surface area contributed by atoms with Gasteiger partial charge in [0.2, 0.25) is 0 Å². The van der Waals surface area contributed by atoms with Gasteiger partial charge in [-0.1, -0.05) is 40.0 Å². The Balaban J connectivity index is 2.16. The van der Waals surface area contributed by atoms with Gasteiger partial charge in [0, 0.05) is 18.1 Å². The quantitative estimate of drug-likeness (QED) is 0.834. The Kier molecular flexibility index (Phi) is 4.08. The molecule has 2 aliphatic rings. The van der Waals surface area contributed by atoms with E-state index in [1.165, 1.54) is 44.9 Å². The molecule has 0 radical (unpaired) electrons. The third kappa shape index (κ3) is 2.46. The topological polar surface area (TPSA) is 29.3 Å². The van der Waals surface area contributed by atoms with Crippen LogP contribution in [0.25, 0.3) is 0 Å². The molecule has 0 amide bonds. The fourth-order valence-corrected chi connectivity index (χ4v) is 4.82. The van der Waals surface area contributed by atoms with Crippen molar-refractivity contribution in [3.8, 4) is 0 Å². The van der Waals surface area contributed by atoms with Crippen LogP contribution in [-0.4, -0.2) is 30.1 Å². The highest BCUT2D eigenvalue weighted by molar-refractivity contribution is 5.06. The first-order chi connectivity index (χ1) is 8.41. The molecule has 2 unspecified atom stereocenters. The summed E-state index contributed by atoms with van der Waals surface area (Å²) in [6, 6.07) is 0.777. The molecule has 0 saturated heterocycles. The molecule has 0 bridgehead atoms. The first-order valence-electron chi connectivity index (χ1n) is 7.84. The van der Waals surface area contributed by atoms with Gasteiger partial charge >= 0.3 is 0 Å². The minimum Gasteiger partial charge on any atom is -0.329 e. The largest absolute Gasteiger partial charge is 0.329 e. The first kappa shape index (κ1) is 14.3. The molecule has 2 fully saturated rings. The van der Waals surface area contributed by atoms with Crippen molar-refractivity contribution >= 4 is 0 Å². The fraction of sp³-hybridized carbons (Fsp3) is 1.00. The predicted molar refractivity (Wildman–Crippen MR) is 78.6 cm³/mol. The molecule has 0 aromatic rings. The highest BCUT2D eigenvalue weighted by Gasteiger charge is 2.51. The average Bonchev–Trinajstić information content (AvgIpc) is 2.59. The molecule has 2 nitrogen and oxygen atoms in total. The predicted octanol–water partition coefficient (Wildman–Crippen LogP) is 3.40. The zero-order chi connectivity index (χ0) is 13.4. The molecular formula is C16H32N2. The Morgan fingerprint density at radius 2 is 1.78 bits per heavy atom. The minimum atomic E-state index is 0.255. The standard InChI is InChI=1S/C16H32N2/c1-13-10-15(2,3)11-16(13,12-17)18(4)14-8-6-5-7-9-14/h13-14H,5-12,17H2,1-4H3. The third-order valence-corrected chi connectivity index (χ3v) is 5.74. The molecule has 2 N–H and O–H groups in total. The fourth-order valence-electron chi connectivity index (χ4n) is 4.82. The minimum absolute atomic E-state index is 0.255. The lowest BCUT2D eigenvalue weighted by Gasteiger charge is -2.47. The third-order valence-electron chi connectivity index (χ3n) is 5.74. The molecule has 2 saturated carbocycles. The van der Waals surface area contributed by atoms with E-state index in [0.29, 0.717) is 5.41 Å². The van der Waals surface area contributed by atoms with Gasteiger partial charge in [0.1, 0.15) is 0 Å². The lowest BCUT2D eigenvalue weighted by atomic mass is 9.82. The van der Waals surface area contributed by atoms with E-state index in [1.807, 2.05) is 0 Å². The van der Waals surface area contributed by atoms with Crippen molar-refractivity contribution in [1.29, 1.82) is 0 Å². The number of nitrogens with two attached hydrogens (primary N) is 1. The summed E-state index contributed by atoms with van der Waals surface area (Å²) < 4.78 is 0. The molecule has 0 aliphatic heterocycles. The van der Waals surface area contributed by atoms with E-state index in [-0.39, 0.29) is 5.54 Å². The zero-order valence-corrected chi connectivity index (χ0v) is 12.8. The smallest absolute Gasteiger partial charge is 0.0362 e. The maximum atomic E-state index is 6.25. The Morgan fingerprint density at radius 1 is 1.17 bits per heavy atom. The Morgan fingerprint density at radius 3 is 2.22 bits per heavy atom. The zero-order valence-electron chi connectivity index (χ0n) is 12.8. The van der Waals surface area contributed by atoms with Crippen LogP contribution < -0.4 is 5.73 Å². The Bertz CT molecular complexity index is 281. The summed E-state index contributed by atoms with van der Waals surface area (Å²) in [5.41, 5.74) is 6.96. The van der Waals surface area contributed by atoms with E-state index >= 15 is 0 Å². The molecule has 2 heteroatoms. The van der Waals surface area contributed by atoms with Crippen LogP contribution in [0.4, 0.5) is 0 Å². The molecule has 0 aromatic carbocycles.